The van der Waals surface area contributed by atoms with E-state index in [4.69, 9.17) is 5.73 Å². The maximum absolute atomic E-state index is 13.3. The third-order valence-electron chi connectivity index (χ3n) is 3.35. The highest BCUT2D eigenvalue weighted by molar-refractivity contribution is 9.10. The highest BCUT2D eigenvalue weighted by Gasteiger charge is 2.45. The fourth-order valence-electron chi connectivity index (χ4n) is 1.99. The highest BCUT2D eigenvalue weighted by atomic mass is 79.9. The van der Waals surface area contributed by atoms with Crippen molar-refractivity contribution in [2.24, 2.45) is 16.6 Å². The van der Waals surface area contributed by atoms with E-state index < -0.39 is 11.5 Å². The maximum atomic E-state index is 13.3. The summed E-state index contributed by atoms with van der Waals surface area (Å²) in [5, 5.41) is -0.314. The number of aliphatic imine (C=N–C) groups is 1. The lowest BCUT2D eigenvalue weighted by Crippen LogP contribution is -2.52. The quantitative estimate of drug-likeness (QED) is 0.857. The molecule has 0 aliphatic carbocycles. The molecule has 1 unspecified atom stereocenters. The van der Waals surface area contributed by atoms with Gasteiger partial charge in [0.1, 0.15) is 5.54 Å². The summed E-state index contributed by atoms with van der Waals surface area (Å²) in [5.41, 5.74) is 4.92. The molecule has 1 aromatic heterocycles. The zero-order valence-electron chi connectivity index (χ0n) is 10.2. The van der Waals surface area contributed by atoms with Crippen LogP contribution in [0.5, 0.6) is 0 Å². The van der Waals surface area contributed by atoms with E-state index in [-0.39, 0.29) is 17.0 Å². The molecule has 98 valence electrons. The summed E-state index contributed by atoms with van der Waals surface area (Å²) in [4.78, 5) is 18.5. The molecule has 7 heteroatoms. The summed E-state index contributed by atoms with van der Waals surface area (Å²) >= 11 is 4.29. The number of carbonyl (C=O) groups is 1. The van der Waals surface area contributed by atoms with Crippen LogP contribution in [0.15, 0.2) is 15.5 Å². The third kappa shape index (κ3) is 1.85. The van der Waals surface area contributed by atoms with E-state index in [1.165, 1.54) is 11.0 Å². The Hall–Kier alpha value is -0.950. The third-order valence-corrected chi connectivity index (χ3v) is 5.39. The summed E-state index contributed by atoms with van der Waals surface area (Å²) in [6.45, 7) is 3.57. The molecule has 0 aromatic carbocycles. The largest absolute Gasteiger partial charge is 0.369 e. The first kappa shape index (κ1) is 13.5. The van der Waals surface area contributed by atoms with Crippen LogP contribution in [-0.4, -0.2) is 23.8 Å². The van der Waals surface area contributed by atoms with Crippen molar-refractivity contribution in [2.45, 2.75) is 19.4 Å². The number of carbonyl (C=O) groups excluding carboxylic acids is 1. The summed E-state index contributed by atoms with van der Waals surface area (Å²) in [6, 6.07) is 1.38. The van der Waals surface area contributed by atoms with Crippen LogP contribution < -0.4 is 5.73 Å². The number of thiophene rings is 1. The van der Waals surface area contributed by atoms with Crippen molar-refractivity contribution in [3.05, 3.63) is 20.5 Å². The van der Waals surface area contributed by atoms with E-state index in [1.807, 2.05) is 0 Å². The van der Waals surface area contributed by atoms with Gasteiger partial charge in [0.25, 0.3) is 0 Å². The summed E-state index contributed by atoms with van der Waals surface area (Å²) in [7, 11) is 1.58. The van der Waals surface area contributed by atoms with Gasteiger partial charge in [-0.1, -0.05) is 6.92 Å². The summed E-state index contributed by atoms with van der Waals surface area (Å²) < 4.78 is 13.9. The number of nitrogens with zero attached hydrogens (tertiary/aromatic N) is 2. The molecular formula is C11H13BrFN3OS. The summed E-state index contributed by atoms with van der Waals surface area (Å²) in [6.07, 6.45) is 0. The van der Waals surface area contributed by atoms with Gasteiger partial charge in [0.15, 0.2) is 11.1 Å². The predicted octanol–water partition coefficient (Wildman–Crippen LogP) is 2.29. The van der Waals surface area contributed by atoms with Gasteiger partial charge < -0.3 is 5.73 Å². The molecule has 0 spiro atoms. The Morgan fingerprint density at radius 1 is 1.67 bits per heavy atom. The highest BCUT2D eigenvalue weighted by Crippen LogP contribution is 2.44. The second kappa shape index (κ2) is 4.31. The lowest BCUT2D eigenvalue weighted by atomic mass is 9.84. The van der Waals surface area contributed by atoms with Gasteiger partial charge in [0.05, 0.1) is 10.8 Å². The fraction of sp³-hybridized carbons (Fsp3) is 0.455. The Morgan fingerprint density at radius 2 is 2.28 bits per heavy atom. The molecule has 4 nitrogen and oxygen atoms in total. The van der Waals surface area contributed by atoms with Gasteiger partial charge in [-0.3, -0.25) is 9.69 Å². The Labute approximate surface area is 117 Å². The van der Waals surface area contributed by atoms with E-state index in [1.54, 1.807) is 20.9 Å². The van der Waals surface area contributed by atoms with Gasteiger partial charge in [-0.25, -0.2) is 4.99 Å². The minimum Gasteiger partial charge on any atom is -0.369 e. The van der Waals surface area contributed by atoms with Crippen LogP contribution in [0.2, 0.25) is 0 Å². The molecule has 1 amide bonds. The second-order valence-corrected chi connectivity index (χ2v) is 6.32. The van der Waals surface area contributed by atoms with E-state index >= 15 is 0 Å². The number of amides is 1. The van der Waals surface area contributed by atoms with E-state index in [2.05, 4.69) is 20.9 Å². The van der Waals surface area contributed by atoms with Crippen LogP contribution in [0, 0.1) is 11.0 Å². The first-order chi connectivity index (χ1) is 8.27. The lowest BCUT2D eigenvalue weighted by Gasteiger charge is -2.38. The van der Waals surface area contributed by atoms with Crippen LogP contribution in [0.25, 0.3) is 0 Å². The van der Waals surface area contributed by atoms with Crippen molar-refractivity contribution < 1.29 is 9.18 Å². The number of hydrogen-bond acceptors (Lipinski definition) is 4. The fourth-order valence-corrected chi connectivity index (χ4v) is 3.94. The Kier molecular flexibility index (Phi) is 3.23. The van der Waals surface area contributed by atoms with Crippen molar-refractivity contribution in [1.82, 2.24) is 4.90 Å². The monoisotopic (exact) mass is 333 g/mol. The molecule has 0 bridgehead atoms. The van der Waals surface area contributed by atoms with Crippen LogP contribution in [0.4, 0.5) is 4.39 Å². The average molecular weight is 334 g/mol. The molecule has 0 saturated heterocycles. The molecule has 2 N–H and O–H groups in total. The topological polar surface area (TPSA) is 58.7 Å². The average Bonchev–Trinajstić information content (AvgIpc) is 2.64. The van der Waals surface area contributed by atoms with Gasteiger partial charge in [0, 0.05) is 11.5 Å². The Bertz CT molecular complexity index is 544. The first-order valence-electron chi connectivity index (χ1n) is 5.35. The number of hydrogen-bond donors (Lipinski definition) is 1. The number of rotatable bonds is 1. The number of guanidine groups is 1. The molecule has 2 atom stereocenters. The van der Waals surface area contributed by atoms with Crippen molar-refractivity contribution in [1.29, 1.82) is 0 Å². The predicted molar refractivity (Wildman–Crippen MR) is 72.9 cm³/mol. The van der Waals surface area contributed by atoms with Crippen molar-refractivity contribution in [2.75, 3.05) is 7.05 Å². The van der Waals surface area contributed by atoms with Crippen molar-refractivity contribution >= 4 is 39.1 Å². The summed E-state index contributed by atoms with van der Waals surface area (Å²) in [5.74, 6) is -0.365. The molecule has 0 saturated carbocycles. The molecule has 0 fully saturated rings. The Morgan fingerprint density at radius 3 is 2.78 bits per heavy atom. The van der Waals surface area contributed by atoms with Gasteiger partial charge >= 0.3 is 0 Å². The van der Waals surface area contributed by atoms with Crippen LogP contribution in [-0.2, 0) is 10.3 Å². The normalized spacial score (nSPS) is 28.5. The van der Waals surface area contributed by atoms with E-state index in [9.17, 15) is 9.18 Å². The van der Waals surface area contributed by atoms with Gasteiger partial charge in [0.2, 0.25) is 5.91 Å². The molecule has 18 heavy (non-hydrogen) atoms. The zero-order valence-corrected chi connectivity index (χ0v) is 12.6. The van der Waals surface area contributed by atoms with Crippen molar-refractivity contribution in [3.8, 4) is 0 Å². The van der Waals surface area contributed by atoms with Gasteiger partial charge in [-0.05, 0) is 28.9 Å². The molecule has 1 aliphatic heterocycles. The number of nitrogens with two attached hydrogens (primary N) is 1. The van der Waals surface area contributed by atoms with Crippen LogP contribution in [0.3, 0.4) is 0 Å². The minimum absolute atomic E-state index is 0.120. The smallest absolute Gasteiger partial charge is 0.234 e. The van der Waals surface area contributed by atoms with E-state index in [0.29, 0.717) is 9.35 Å². The minimum atomic E-state index is -0.832. The lowest BCUT2D eigenvalue weighted by molar-refractivity contribution is -0.133. The zero-order chi connectivity index (χ0) is 13.7. The molecule has 1 aromatic rings. The van der Waals surface area contributed by atoms with Gasteiger partial charge in [-0.15, -0.1) is 11.3 Å². The molecular weight excluding hydrogens is 321 g/mol. The van der Waals surface area contributed by atoms with Crippen LogP contribution in [0.1, 0.15) is 18.7 Å². The standard InChI is InChI=1S/C11H13BrFN3OS/c1-5-9(17)16(3)10(14)15-11(5,2)8-6(12)4-7(13)18-8/h4-5H,1-3H3,(H2,14,15)/t5?,11-/m0/s1. The van der Waals surface area contributed by atoms with E-state index in [0.717, 1.165) is 11.3 Å². The van der Waals surface area contributed by atoms with Crippen LogP contribution >= 0.6 is 27.3 Å². The molecule has 1 aliphatic rings. The second-order valence-electron chi connectivity index (χ2n) is 4.46. The Balaban J connectivity index is 2.60. The SMILES string of the molecule is CC1C(=O)N(C)C(N)=N[C@]1(C)c1sc(F)cc1Br. The first-order valence-corrected chi connectivity index (χ1v) is 6.96. The van der Waals surface area contributed by atoms with Crippen molar-refractivity contribution in [3.63, 3.8) is 0 Å². The maximum Gasteiger partial charge on any atom is 0.234 e. The number of halogens is 2. The molecule has 2 rings (SSSR count). The van der Waals surface area contributed by atoms with Gasteiger partial charge in [-0.2, -0.15) is 4.39 Å². The molecule has 0 radical (unpaired) electrons. The molecule has 2 heterocycles.